The molecule has 0 radical (unpaired) electrons. The molecule has 2 aromatic carbocycles. The molecule has 3 rings (SSSR count). The fourth-order valence-electron chi connectivity index (χ4n) is 2.88. The van der Waals surface area contributed by atoms with Crippen molar-refractivity contribution in [2.75, 3.05) is 0 Å². The molecule has 0 fully saturated rings. The maximum Gasteiger partial charge on any atom is 0.303 e. The summed E-state index contributed by atoms with van der Waals surface area (Å²) in [7, 11) is 0. The van der Waals surface area contributed by atoms with Crippen molar-refractivity contribution >= 4 is 33.5 Å². The Balaban J connectivity index is 1.93. The van der Waals surface area contributed by atoms with Crippen LogP contribution in [0.1, 0.15) is 36.4 Å². The van der Waals surface area contributed by atoms with Gasteiger partial charge in [-0.1, -0.05) is 40.2 Å². The Labute approximate surface area is 158 Å². The van der Waals surface area contributed by atoms with Gasteiger partial charge in [-0.05, 0) is 35.4 Å². The van der Waals surface area contributed by atoms with Gasteiger partial charge in [-0.25, -0.2) is 9.40 Å². The van der Waals surface area contributed by atoms with E-state index >= 15 is 0 Å². The molecule has 0 aromatic heterocycles. The number of carbonyl (C=O) groups is 2. The van der Waals surface area contributed by atoms with Gasteiger partial charge >= 0.3 is 5.97 Å². The lowest BCUT2D eigenvalue weighted by molar-refractivity contribution is -0.141. The molecule has 1 amide bonds. The number of carbonyl (C=O) groups excluding carboxylic acids is 1. The summed E-state index contributed by atoms with van der Waals surface area (Å²) >= 11 is 3.41. The molecule has 0 saturated heterocycles. The van der Waals surface area contributed by atoms with Crippen molar-refractivity contribution in [3.63, 3.8) is 0 Å². The van der Waals surface area contributed by atoms with E-state index in [-0.39, 0.29) is 12.8 Å². The van der Waals surface area contributed by atoms with Crippen LogP contribution in [0.5, 0.6) is 0 Å². The highest BCUT2D eigenvalue weighted by molar-refractivity contribution is 9.10. The Bertz CT molecular complexity index is 885. The van der Waals surface area contributed by atoms with Crippen molar-refractivity contribution in [1.82, 2.24) is 5.01 Å². The number of carboxylic acid groups (broad SMARTS) is 1. The van der Waals surface area contributed by atoms with Crippen LogP contribution in [0.2, 0.25) is 0 Å². The third kappa shape index (κ3) is 4.16. The second kappa shape index (κ2) is 7.78. The van der Waals surface area contributed by atoms with Crippen LogP contribution in [-0.2, 0) is 9.59 Å². The fourth-order valence-corrected chi connectivity index (χ4v) is 3.28. The molecule has 134 valence electrons. The summed E-state index contributed by atoms with van der Waals surface area (Å²) in [6, 6.07) is 13.1. The standard InChI is InChI=1S/C19H16BrFN2O3/c20-14-5-1-3-12(9-14)16-11-17(13-4-2-6-15(21)10-13)23(22-16)18(24)7-8-19(25)26/h1-6,9-10,17H,7-8,11H2,(H,25,26)/t17-/m0/s1. The van der Waals surface area contributed by atoms with Gasteiger partial charge in [0.2, 0.25) is 5.91 Å². The number of halogens is 2. The minimum Gasteiger partial charge on any atom is -0.481 e. The number of amides is 1. The van der Waals surface area contributed by atoms with Crippen LogP contribution in [-0.4, -0.2) is 27.7 Å². The number of carboxylic acids is 1. The van der Waals surface area contributed by atoms with E-state index in [1.165, 1.54) is 17.1 Å². The molecule has 2 aromatic rings. The smallest absolute Gasteiger partial charge is 0.303 e. The lowest BCUT2D eigenvalue weighted by atomic mass is 9.98. The van der Waals surface area contributed by atoms with Crippen molar-refractivity contribution in [3.8, 4) is 0 Å². The Hall–Kier alpha value is -2.54. The van der Waals surface area contributed by atoms with Gasteiger partial charge in [-0.3, -0.25) is 9.59 Å². The minimum atomic E-state index is -1.05. The predicted octanol–water partition coefficient (Wildman–Crippen LogP) is 4.13. The lowest BCUT2D eigenvalue weighted by Gasteiger charge is -2.21. The van der Waals surface area contributed by atoms with Crippen molar-refractivity contribution in [2.24, 2.45) is 5.10 Å². The largest absolute Gasteiger partial charge is 0.481 e. The van der Waals surface area contributed by atoms with Gasteiger partial charge in [0.1, 0.15) is 5.82 Å². The van der Waals surface area contributed by atoms with Gasteiger partial charge in [-0.15, -0.1) is 0 Å². The van der Waals surface area contributed by atoms with Crippen molar-refractivity contribution in [3.05, 3.63) is 69.9 Å². The first-order chi connectivity index (χ1) is 12.4. The SMILES string of the molecule is O=C(O)CCC(=O)N1N=C(c2cccc(Br)c2)C[C@H]1c1cccc(F)c1. The average molecular weight is 419 g/mol. The molecule has 1 heterocycles. The van der Waals surface area contributed by atoms with Gasteiger partial charge in [0.05, 0.1) is 18.2 Å². The maximum absolute atomic E-state index is 13.7. The summed E-state index contributed by atoms with van der Waals surface area (Å²) in [5, 5.41) is 14.5. The van der Waals surface area contributed by atoms with E-state index in [0.29, 0.717) is 17.7 Å². The van der Waals surface area contributed by atoms with Crippen LogP contribution in [0.4, 0.5) is 4.39 Å². The van der Waals surface area contributed by atoms with E-state index in [0.717, 1.165) is 10.0 Å². The summed E-state index contributed by atoms with van der Waals surface area (Å²) in [4.78, 5) is 23.3. The molecule has 0 unspecified atom stereocenters. The van der Waals surface area contributed by atoms with Crippen molar-refractivity contribution in [1.29, 1.82) is 0 Å². The number of nitrogens with zero attached hydrogens (tertiary/aromatic N) is 2. The minimum absolute atomic E-state index is 0.156. The zero-order chi connectivity index (χ0) is 18.7. The highest BCUT2D eigenvalue weighted by Crippen LogP contribution is 2.34. The van der Waals surface area contributed by atoms with Crippen LogP contribution in [0, 0.1) is 5.82 Å². The number of hydrazone groups is 1. The number of rotatable bonds is 5. The van der Waals surface area contributed by atoms with E-state index in [1.54, 1.807) is 12.1 Å². The fraction of sp³-hybridized carbons (Fsp3) is 0.211. The first-order valence-electron chi connectivity index (χ1n) is 8.07. The first-order valence-corrected chi connectivity index (χ1v) is 8.86. The van der Waals surface area contributed by atoms with Gasteiger partial charge in [0, 0.05) is 17.3 Å². The molecule has 1 atom stereocenters. The van der Waals surface area contributed by atoms with E-state index < -0.39 is 23.7 Å². The number of benzene rings is 2. The normalized spacial score (nSPS) is 16.5. The highest BCUT2D eigenvalue weighted by atomic mass is 79.9. The van der Waals surface area contributed by atoms with Crippen molar-refractivity contribution in [2.45, 2.75) is 25.3 Å². The van der Waals surface area contributed by atoms with Gasteiger partial charge in [-0.2, -0.15) is 5.10 Å². The van der Waals surface area contributed by atoms with E-state index in [4.69, 9.17) is 5.11 Å². The van der Waals surface area contributed by atoms with Gasteiger partial charge < -0.3 is 5.11 Å². The summed E-state index contributed by atoms with van der Waals surface area (Å²) in [6.45, 7) is 0. The molecular weight excluding hydrogens is 403 g/mol. The molecule has 7 heteroatoms. The van der Waals surface area contributed by atoms with Crippen LogP contribution >= 0.6 is 15.9 Å². The lowest BCUT2D eigenvalue weighted by Crippen LogP contribution is -2.27. The molecule has 0 saturated carbocycles. The zero-order valence-electron chi connectivity index (χ0n) is 13.7. The number of aliphatic carboxylic acids is 1. The molecule has 0 spiro atoms. The number of hydrogen-bond donors (Lipinski definition) is 1. The van der Waals surface area contributed by atoms with Crippen LogP contribution in [0.15, 0.2) is 58.1 Å². The molecule has 0 aliphatic carbocycles. The molecule has 1 aliphatic rings. The summed E-state index contributed by atoms with van der Waals surface area (Å²) in [5.74, 6) is -1.83. The molecule has 26 heavy (non-hydrogen) atoms. The Kier molecular flexibility index (Phi) is 5.46. The third-order valence-electron chi connectivity index (χ3n) is 4.11. The van der Waals surface area contributed by atoms with Crippen LogP contribution in [0.3, 0.4) is 0 Å². The van der Waals surface area contributed by atoms with E-state index in [1.807, 2.05) is 24.3 Å². The topological polar surface area (TPSA) is 70.0 Å². The van der Waals surface area contributed by atoms with Gasteiger partial charge in [0.15, 0.2) is 0 Å². The van der Waals surface area contributed by atoms with Crippen LogP contribution in [0.25, 0.3) is 0 Å². The Morgan fingerprint density at radius 2 is 1.96 bits per heavy atom. The molecular formula is C19H16BrFN2O3. The molecule has 1 N–H and O–H groups in total. The van der Waals surface area contributed by atoms with E-state index in [2.05, 4.69) is 21.0 Å². The average Bonchev–Trinajstić information content (AvgIpc) is 3.05. The van der Waals surface area contributed by atoms with Crippen LogP contribution < -0.4 is 0 Å². The monoisotopic (exact) mass is 418 g/mol. The predicted molar refractivity (Wildman–Crippen MR) is 98.2 cm³/mol. The first kappa shape index (κ1) is 18.3. The quantitative estimate of drug-likeness (QED) is 0.793. The maximum atomic E-state index is 13.7. The van der Waals surface area contributed by atoms with E-state index in [9.17, 15) is 14.0 Å². The summed E-state index contributed by atoms with van der Waals surface area (Å²) in [5.41, 5.74) is 2.18. The summed E-state index contributed by atoms with van der Waals surface area (Å²) < 4.78 is 14.5. The zero-order valence-corrected chi connectivity index (χ0v) is 15.3. The van der Waals surface area contributed by atoms with Crippen molar-refractivity contribution < 1.29 is 19.1 Å². The second-order valence-corrected chi connectivity index (χ2v) is 6.88. The Morgan fingerprint density at radius 1 is 1.19 bits per heavy atom. The third-order valence-corrected chi connectivity index (χ3v) is 4.60. The molecule has 5 nitrogen and oxygen atoms in total. The second-order valence-electron chi connectivity index (χ2n) is 5.96. The highest BCUT2D eigenvalue weighted by Gasteiger charge is 2.33. The number of hydrogen-bond acceptors (Lipinski definition) is 3. The van der Waals surface area contributed by atoms with Gasteiger partial charge in [0.25, 0.3) is 0 Å². The molecule has 0 bridgehead atoms. The molecule has 1 aliphatic heterocycles. The Morgan fingerprint density at radius 3 is 2.65 bits per heavy atom. The summed E-state index contributed by atoms with van der Waals surface area (Å²) in [6.07, 6.45) is 0.00206.